The molecule has 2 aromatic carbocycles. The van der Waals surface area contributed by atoms with Gasteiger partial charge in [0.1, 0.15) is 12.6 Å². The second-order valence-corrected chi connectivity index (χ2v) is 6.70. The zero-order valence-electron chi connectivity index (χ0n) is 14.5. The maximum absolute atomic E-state index is 12.5. The number of rotatable bonds is 7. The van der Waals surface area contributed by atoms with Crippen LogP contribution >= 0.6 is 0 Å². The van der Waals surface area contributed by atoms with E-state index in [0.717, 1.165) is 37.9 Å². The number of hydrogen-bond donors (Lipinski definition) is 1. The highest BCUT2D eigenvalue weighted by Crippen LogP contribution is 2.19. The van der Waals surface area contributed by atoms with Crippen molar-refractivity contribution in [2.75, 3.05) is 13.1 Å². The first-order chi connectivity index (χ1) is 12.2. The summed E-state index contributed by atoms with van der Waals surface area (Å²) in [5.41, 5.74) is 8.57. The van der Waals surface area contributed by atoms with Crippen LogP contribution < -0.4 is 5.73 Å². The Kier molecular flexibility index (Phi) is 6.20. The fraction of sp³-hybridized carbons (Fsp3) is 0.381. The first-order valence-corrected chi connectivity index (χ1v) is 8.96. The fourth-order valence-electron chi connectivity index (χ4n) is 3.42. The van der Waals surface area contributed by atoms with Crippen LogP contribution in [0.1, 0.15) is 24.0 Å². The average Bonchev–Trinajstić information content (AvgIpc) is 3.09. The summed E-state index contributed by atoms with van der Waals surface area (Å²) in [5.74, 6) is -0.131. The molecule has 1 aliphatic rings. The van der Waals surface area contributed by atoms with E-state index >= 15 is 0 Å². The molecule has 2 unspecified atom stereocenters. The molecule has 1 heterocycles. The van der Waals surface area contributed by atoms with Gasteiger partial charge in [-0.25, -0.2) is 0 Å². The topological polar surface area (TPSA) is 55.6 Å². The summed E-state index contributed by atoms with van der Waals surface area (Å²) in [4.78, 5) is 14.6. The molecule has 0 spiro atoms. The van der Waals surface area contributed by atoms with Crippen molar-refractivity contribution >= 4 is 5.97 Å². The Bertz CT molecular complexity index is 660. The molecule has 3 rings (SSSR count). The molecule has 132 valence electrons. The third-order valence-electron chi connectivity index (χ3n) is 4.67. The predicted octanol–water partition coefficient (Wildman–Crippen LogP) is 2.76. The number of esters is 1. The molecule has 1 saturated heterocycles. The Morgan fingerprint density at radius 3 is 2.40 bits per heavy atom. The van der Waals surface area contributed by atoms with Crippen molar-refractivity contribution in [1.82, 2.24) is 4.90 Å². The first-order valence-electron chi connectivity index (χ1n) is 8.96. The van der Waals surface area contributed by atoms with E-state index in [0.29, 0.717) is 6.61 Å². The molecule has 0 saturated carbocycles. The van der Waals surface area contributed by atoms with Gasteiger partial charge in [0.15, 0.2) is 0 Å². The lowest BCUT2D eigenvalue weighted by Gasteiger charge is -2.26. The van der Waals surface area contributed by atoms with Gasteiger partial charge in [0.05, 0.1) is 0 Å². The van der Waals surface area contributed by atoms with E-state index in [9.17, 15) is 4.79 Å². The fourth-order valence-corrected chi connectivity index (χ4v) is 3.42. The smallest absolute Gasteiger partial charge is 0.323 e. The van der Waals surface area contributed by atoms with Crippen molar-refractivity contribution in [1.29, 1.82) is 0 Å². The molecule has 1 aliphatic heterocycles. The largest absolute Gasteiger partial charge is 0.460 e. The van der Waals surface area contributed by atoms with Crippen LogP contribution in [-0.4, -0.2) is 36.0 Å². The molecule has 0 aliphatic carbocycles. The van der Waals surface area contributed by atoms with Gasteiger partial charge in [0.25, 0.3) is 0 Å². The van der Waals surface area contributed by atoms with Gasteiger partial charge >= 0.3 is 5.97 Å². The third-order valence-corrected chi connectivity index (χ3v) is 4.67. The lowest BCUT2D eigenvalue weighted by Crippen LogP contribution is -2.44. The van der Waals surface area contributed by atoms with Crippen LogP contribution in [0.15, 0.2) is 60.7 Å². The molecule has 4 nitrogen and oxygen atoms in total. The van der Waals surface area contributed by atoms with Crippen LogP contribution in [0.25, 0.3) is 0 Å². The summed E-state index contributed by atoms with van der Waals surface area (Å²) in [5, 5.41) is 0. The highest BCUT2D eigenvalue weighted by atomic mass is 16.5. The number of nitrogens with two attached hydrogens (primary N) is 1. The van der Waals surface area contributed by atoms with Gasteiger partial charge in [-0.1, -0.05) is 60.7 Å². The van der Waals surface area contributed by atoms with Gasteiger partial charge < -0.3 is 10.5 Å². The zero-order valence-corrected chi connectivity index (χ0v) is 14.5. The summed E-state index contributed by atoms with van der Waals surface area (Å²) in [7, 11) is 0. The van der Waals surface area contributed by atoms with Crippen LogP contribution in [0.3, 0.4) is 0 Å². The van der Waals surface area contributed by atoms with E-state index < -0.39 is 0 Å². The Morgan fingerprint density at radius 1 is 1.08 bits per heavy atom. The van der Waals surface area contributed by atoms with Gasteiger partial charge in [-0.05, 0) is 36.9 Å². The lowest BCUT2D eigenvalue weighted by atomic mass is 10.1. The summed E-state index contributed by atoms with van der Waals surface area (Å²) in [6, 6.07) is 19.9. The summed E-state index contributed by atoms with van der Waals surface area (Å²) < 4.78 is 5.52. The molecule has 0 amide bonds. The Hall–Kier alpha value is -2.17. The van der Waals surface area contributed by atoms with E-state index in [4.69, 9.17) is 10.5 Å². The molecule has 25 heavy (non-hydrogen) atoms. The summed E-state index contributed by atoms with van der Waals surface area (Å²) >= 11 is 0. The number of hydrogen-bond acceptors (Lipinski definition) is 4. The molecular formula is C21H26N2O2. The van der Waals surface area contributed by atoms with Crippen LogP contribution in [0.2, 0.25) is 0 Å². The highest BCUT2D eigenvalue weighted by Gasteiger charge is 2.32. The Morgan fingerprint density at radius 2 is 1.72 bits per heavy atom. The summed E-state index contributed by atoms with van der Waals surface area (Å²) in [6.07, 6.45) is 2.69. The minimum absolute atomic E-state index is 0.0184. The van der Waals surface area contributed by atoms with E-state index in [2.05, 4.69) is 17.0 Å². The maximum atomic E-state index is 12.5. The Labute approximate surface area is 149 Å². The minimum Gasteiger partial charge on any atom is -0.460 e. The van der Waals surface area contributed by atoms with E-state index in [1.165, 1.54) is 5.56 Å². The van der Waals surface area contributed by atoms with Gasteiger partial charge in [-0.2, -0.15) is 0 Å². The molecule has 4 heteroatoms. The van der Waals surface area contributed by atoms with E-state index in [-0.39, 0.29) is 18.1 Å². The number of carbonyl (C=O) groups excluding carboxylic acids is 1. The maximum Gasteiger partial charge on any atom is 0.323 e. The van der Waals surface area contributed by atoms with Crippen LogP contribution in [0.5, 0.6) is 0 Å². The molecule has 2 atom stereocenters. The van der Waals surface area contributed by atoms with Gasteiger partial charge in [-0.15, -0.1) is 0 Å². The van der Waals surface area contributed by atoms with Crippen molar-refractivity contribution in [3.63, 3.8) is 0 Å². The van der Waals surface area contributed by atoms with Gasteiger partial charge in [-0.3, -0.25) is 9.69 Å². The van der Waals surface area contributed by atoms with Crippen LogP contribution in [0, 0.1) is 0 Å². The van der Waals surface area contributed by atoms with Gasteiger partial charge in [0.2, 0.25) is 0 Å². The molecule has 0 radical (unpaired) electrons. The highest BCUT2D eigenvalue weighted by molar-refractivity contribution is 5.76. The second-order valence-electron chi connectivity index (χ2n) is 6.70. The standard InChI is InChI=1S/C21H26N2O2/c22-19(14-17-8-3-1-4-9-17)15-23-13-7-12-20(23)21(24)25-16-18-10-5-2-6-11-18/h1-6,8-11,19-20H,7,12-16,22H2. The average molecular weight is 338 g/mol. The molecule has 2 aromatic rings. The molecule has 2 N–H and O–H groups in total. The molecule has 0 aromatic heterocycles. The minimum atomic E-state index is -0.162. The number of benzene rings is 2. The lowest BCUT2D eigenvalue weighted by molar-refractivity contribution is -0.150. The van der Waals surface area contributed by atoms with Crippen LogP contribution in [0.4, 0.5) is 0 Å². The van der Waals surface area contributed by atoms with Gasteiger partial charge in [0, 0.05) is 12.6 Å². The van der Waals surface area contributed by atoms with Crippen molar-refractivity contribution in [2.24, 2.45) is 5.73 Å². The van der Waals surface area contributed by atoms with Crippen molar-refractivity contribution < 1.29 is 9.53 Å². The SMILES string of the molecule is NC(Cc1ccccc1)CN1CCCC1C(=O)OCc1ccccc1. The zero-order chi connectivity index (χ0) is 17.5. The monoisotopic (exact) mass is 338 g/mol. The summed E-state index contributed by atoms with van der Waals surface area (Å²) in [6.45, 7) is 1.97. The first kappa shape index (κ1) is 17.6. The normalized spacial score (nSPS) is 18.8. The Balaban J connectivity index is 1.50. The molecule has 0 bridgehead atoms. The predicted molar refractivity (Wildman–Crippen MR) is 99.0 cm³/mol. The van der Waals surface area contributed by atoms with E-state index in [1.54, 1.807) is 0 Å². The van der Waals surface area contributed by atoms with Crippen molar-refractivity contribution in [3.8, 4) is 0 Å². The number of carbonyl (C=O) groups is 1. The number of ether oxygens (including phenoxy) is 1. The van der Waals surface area contributed by atoms with Crippen molar-refractivity contribution in [3.05, 3.63) is 71.8 Å². The van der Waals surface area contributed by atoms with E-state index in [1.807, 2.05) is 48.5 Å². The molecule has 1 fully saturated rings. The van der Waals surface area contributed by atoms with Crippen molar-refractivity contribution in [2.45, 2.75) is 38.0 Å². The quantitative estimate of drug-likeness (QED) is 0.789. The molecular weight excluding hydrogens is 312 g/mol. The number of nitrogens with zero attached hydrogens (tertiary/aromatic N) is 1. The number of likely N-dealkylation sites (tertiary alicyclic amines) is 1. The second kappa shape index (κ2) is 8.79. The third kappa shape index (κ3) is 5.15. The van der Waals surface area contributed by atoms with Crippen LogP contribution in [-0.2, 0) is 22.6 Å².